The van der Waals surface area contributed by atoms with E-state index in [0.717, 1.165) is 31.4 Å². The number of nitrogens with one attached hydrogen (secondary N) is 3. The standard InChI is InChI=1S/C15H21N3O2/c19-15(20-10-11-4-2-1-3-5-11)17-13-7-6-12-9-16-18-14(12)8-13/h1-5,12-14,16,18H,6-10H2,(H,17,19). The molecule has 3 atom stereocenters. The lowest BCUT2D eigenvalue weighted by molar-refractivity contribution is 0.130. The number of hydrogen-bond acceptors (Lipinski definition) is 4. The van der Waals surface area contributed by atoms with Gasteiger partial charge in [0, 0.05) is 18.6 Å². The van der Waals surface area contributed by atoms with E-state index in [1.165, 1.54) is 0 Å². The first-order valence-corrected chi connectivity index (χ1v) is 7.27. The van der Waals surface area contributed by atoms with Gasteiger partial charge in [0.15, 0.2) is 0 Å². The maximum atomic E-state index is 11.8. The van der Waals surface area contributed by atoms with Crippen molar-refractivity contribution < 1.29 is 9.53 Å². The van der Waals surface area contributed by atoms with Crippen molar-refractivity contribution in [3.63, 3.8) is 0 Å². The van der Waals surface area contributed by atoms with Gasteiger partial charge in [-0.2, -0.15) is 0 Å². The molecule has 1 saturated heterocycles. The predicted molar refractivity (Wildman–Crippen MR) is 75.8 cm³/mol. The van der Waals surface area contributed by atoms with Gasteiger partial charge in [-0.3, -0.25) is 10.9 Å². The lowest BCUT2D eigenvalue weighted by Gasteiger charge is -2.30. The van der Waals surface area contributed by atoms with Crippen LogP contribution in [0.15, 0.2) is 30.3 Å². The molecule has 0 radical (unpaired) electrons. The van der Waals surface area contributed by atoms with Crippen LogP contribution >= 0.6 is 0 Å². The molecule has 5 nitrogen and oxygen atoms in total. The van der Waals surface area contributed by atoms with E-state index in [9.17, 15) is 4.79 Å². The molecule has 108 valence electrons. The van der Waals surface area contributed by atoms with Gasteiger partial charge in [0.1, 0.15) is 6.61 Å². The summed E-state index contributed by atoms with van der Waals surface area (Å²) in [6.07, 6.45) is 2.83. The minimum Gasteiger partial charge on any atom is -0.445 e. The van der Waals surface area contributed by atoms with Crippen LogP contribution in [0.1, 0.15) is 24.8 Å². The van der Waals surface area contributed by atoms with Gasteiger partial charge in [0.05, 0.1) is 0 Å². The summed E-state index contributed by atoms with van der Waals surface area (Å²) in [6.45, 7) is 1.36. The molecule has 5 heteroatoms. The lowest BCUT2D eigenvalue weighted by atomic mass is 9.83. The Bertz CT molecular complexity index is 452. The van der Waals surface area contributed by atoms with Crippen LogP contribution in [-0.4, -0.2) is 24.7 Å². The number of benzene rings is 1. The second-order valence-corrected chi connectivity index (χ2v) is 5.61. The largest absolute Gasteiger partial charge is 0.445 e. The van der Waals surface area contributed by atoms with Crippen LogP contribution in [0.2, 0.25) is 0 Å². The van der Waals surface area contributed by atoms with Gasteiger partial charge in [-0.1, -0.05) is 30.3 Å². The van der Waals surface area contributed by atoms with Gasteiger partial charge in [-0.15, -0.1) is 0 Å². The number of amides is 1. The maximum absolute atomic E-state index is 11.8. The highest BCUT2D eigenvalue weighted by atomic mass is 16.5. The van der Waals surface area contributed by atoms with Crippen molar-refractivity contribution in [1.82, 2.24) is 16.2 Å². The Hall–Kier alpha value is -1.59. The van der Waals surface area contributed by atoms with E-state index in [1.54, 1.807) is 0 Å². The zero-order valence-electron chi connectivity index (χ0n) is 11.5. The highest BCUT2D eigenvalue weighted by Gasteiger charge is 2.34. The number of rotatable bonds is 3. The molecule has 3 rings (SSSR count). The minimum absolute atomic E-state index is 0.215. The predicted octanol–water partition coefficient (Wildman–Crippen LogP) is 1.56. The van der Waals surface area contributed by atoms with Crippen LogP contribution in [0.25, 0.3) is 0 Å². The Morgan fingerprint density at radius 2 is 2.15 bits per heavy atom. The van der Waals surface area contributed by atoms with Crippen molar-refractivity contribution >= 4 is 6.09 Å². The minimum atomic E-state index is -0.316. The fraction of sp³-hybridized carbons (Fsp3) is 0.533. The van der Waals surface area contributed by atoms with Crippen LogP contribution in [0.4, 0.5) is 4.79 Å². The zero-order valence-corrected chi connectivity index (χ0v) is 11.5. The summed E-state index contributed by atoms with van der Waals surface area (Å²) in [7, 11) is 0. The SMILES string of the molecule is O=C(NC1CCC2CNNC2C1)OCc1ccccc1. The van der Waals surface area contributed by atoms with E-state index >= 15 is 0 Å². The molecule has 2 aliphatic rings. The van der Waals surface area contributed by atoms with Gasteiger partial charge in [-0.05, 0) is 30.7 Å². The van der Waals surface area contributed by atoms with Crippen molar-refractivity contribution in [2.24, 2.45) is 5.92 Å². The first kappa shape index (κ1) is 13.4. The summed E-state index contributed by atoms with van der Waals surface area (Å²) >= 11 is 0. The van der Waals surface area contributed by atoms with Crippen molar-refractivity contribution in [2.45, 2.75) is 38.0 Å². The van der Waals surface area contributed by atoms with E-state index in [4.69, 9.17) is 4.74 Å². The van der Waals surface area contributed by atoms with Gasteiger partial charge >= 0.3 is 6.09 Å². The van der Waals surface area contributed by atoms with Crippen LogP contribution in [0.5, 0.6) is 0 Å². The Labute approximate surface area is 119 Å². The molecule has 1 aliphatic heterocycles. The Balaban J connectivity index is 1.42. The number of ether oxygens (including phenoxy) is 1. The second kappa shape index (κ2) is 6.24. The van der Waals surface area contributed by atoms with Crippen molar-refractivity contribution in [3.05, 3.63) is 35.9 Å². The number of carbonyl (C=O) groups is 1. The smallest absolute Gasteiger partial charge is 0.407 e. The molecule has 3 unspecified atom stereocenters. The van der Waals surface area contributed by atoms with Crippen LogP contribution < -0.4 is 16.2 Å². The molecular formula is C15H21N3O2. The fourth-order valence-corrected chi connectivity index (χ4v) is 3.04. The van der Waals surface area contributed by atoms with Gasteiger partial charge in [-0.25, -0.2) is 4.79 Å². The molecule has 2 fully saturated rings. The Morgan fingerprint density at radius 3 is 3.00 bits per heavy atom. The summed E-state index contributed by atoms with van der Waals surface area (Å²) in [5.74, 6) is 0.702. The molecule has 20 heavy (non-hydrogen) atoms. The van der Waals surface area contributed by atoms with Gasteiger partial charge in [0.25, 0.3) is 0 Å². The molecule has 1 aromatic carbocycles. The fourth-order valence-electron chi connectivity index (χ4n) is 3.04. The Morgan fingerprint density at radius 1 is 1.30 bits per heavy atom. The maximum Gasteiger partial charge on any atom is 0.407 e. The van der Waals surface area contributed by atoms with Crippen molar-refractivity contribution in [2.75, 3.05) is 6.54 Å². The van der Waals surface area contributed by atoms with Crippen molar-refractivity contribution in [1.29, 1.82) is 0 Å². The summed E-state index contributed by atoms with van der Waals surface area (Å²) in [6, 6.07) is 10.4. The van der Waals surface area contributed by atoms with Gasteiger partial charge < -0.3 is 10.1 Å². The first-order valence-electron chi connectivity index (χ1n) is 7.27. The number of fused-ring (bicyclic) bond motifs is 1. The lowest BCUT2D eigenvalue weighted by Crippen LogP contribution is -2.45. The molecule has 1 aromatic rings. The van der Waals surface area contributed by atoms with Crippen LogP contribution in [0.3, 0.4) is 0 Å². The summed E-state index contributed by atoms with van der Waals surface area (Å²) < 4.78 is 5.26. The Kier molecular flexibility index (Phi) is 4.18. The molecule has 0 spiro atoms. The zero-order chi connectivity index (χ0) is 13.8. The topological polar surface area (TPSA) is 62.4 Å². The van der Waals surface area contributed by atoms with E-state index < -0.39 is 0 Å². The average Bonchev–Trinajstić information content (AvgIpc) is 2.94. The number of hydrazine groups is 1. The third-order valence-electron chi connectivity index (χ3n) is 4.18. The third-order valence-corrected chi connectivity index (χ3v) is 4.18. The molecule has 1 aliphatic carbocycles. The summed E-state index contributed by atoms with van der Waals surface area (Å²) in [4.78, 5) is 11.8. The average molecular weight is 275 g/mol. The van der Waals surface area contributed by atoms with Crippen LogP contribution in [0, 0.1) is 5.92 Å². The molecule has 0 bridgehead atoms. The summed E-state index contributed by atoms with van der Waals surface area (Å²) in [5, 5.41) is 2.97. The van der Waals surface area contributed by atoms with Gasteiger partial charge in [0.2, 0.25) is 0 Å². The van der Waals surface area contributed by atoms with Crippen LogP contribution in [-0.2, 0) is 11.3 Å². The third kappa shape index (κ3) is 3.29. The summed E-state index contributed by atoms with van der Waals surface area (Å²) in [5.41, 5.74) is 7.48. The molecule has 0 aromatic heterocycles. The second-order valence-electron chi connectivity index (χ2n) is 5.61. The van der Waals surface area contributed by atoms with E-state index in [1.807, 2.05) is 30.3 Å². The van der Waals surface area contributed by atoms with Crippen molar-refractivity contribution in [3.8, 4) is 0 Å². The quantitative estimate of drug-likeness (QED) is 0.783. The van der Waals surface area contributed by atoms with E-state index in [0.29, 0.717) is 18.6 Å². The molecular weight excluding hydrogens is 254 g/mol. The number of hydrogen-bond donors (Lipinski definition) is 3. The highest BCUT2D eigenvalue weighted by Crippen LogP contribution is 2.26. The van der Waals surface area contributed by atoms with E-state index in [2.05, 4.69) is 16.2 Å². The monoisotopic (exact) mass is 275 g/mol. The number of carbonyl (C=O) groups excluding carboxylic acids is 1. The highest BCUT2D eigenvalue weighted by molar-refractivity contribution is 5.67. The first-order chi connectivity index (χ1) is 9.81. The van der Waals surface area contributed by atoms with E-state index in [-0.39, 0.29) is 12.1 Å². The molecule has 1 heterocycles. The molecule has 1 amide bonds. The number of alkyl carbamates (subject to hydrolysis) is 1. The molecule has 1 saturated carbocycles. The molecule has 3 N–H and O–H groups in total. The normalized spacial score (nSPS) is 28.7.